The number of aliphatic hydroxyl groups excluding tert-OH is 1. The summed E-state index contributed by atoms with van der Waals surface area (Å²) in [6, 6.07) is 16.4. The first kappa shape index (κ1) is 30.3. The van der Waals surface area contributed by atoms with Crippen LogP contribution in [0.1, 0.15) is 29.8 Å². The van der Waals surface area contributed by atoms with Crippen LogP contribution in [0, 0.1) is 11.7 Å². The fraction of sp³-hybridized carbons (Fsp3) is 0.367. The van der Waals surface area contributed by atoms with E-state index >= 15 is 0 Å². The van der Waals surface area contributed by atoms with Gasteiger partial charge in [-0.1, -0.05) is 25.1 Å². The number of halogens is 1. The second-order valence-corrected chi connectivity index (χ2v) is 12.1. The van der Waals surface area contributed by atoms with E-state index in [1.165, 1.54) is 18.2 Å². The molecule has 11 heteroatoms. The molecule has 9 nitrogen and oxygen atoms in total. The highest BCUT2D eigenvalue weighted by molar-refractivity contribution is 7.92. The smallest absolute Gasteiger partial charge is 0.262 e. The van der Waals surface area contributed by atoms with E-state index in [9.17, 15) is 22.7 Å². The van der Waals surface area contributed by atoms with Gasteiger partial charge in [0.05, 0.1) is 35.9 Å². The zero-order valence-electron chi connectivity index (χ0n) is 23.6. The Labute approximate surface area is 240 Å². The minimum Gasteiger partial charge on any atom is -0.497 e. The summed E-state index contributed by atoms with van der Waals surface area (Å²) < 4.78 is 54.1. The Morgan fingerprint density at radius 1 is 1.15 bits per heavy atom. The minimum atomic E-state index is -4.12. The van der Waals surface area contributed by atoms with Gasteiger partial charge in [0.1, 0.15) is 17.7 Å². The Bertz CT molecular complexity index is 1450. The van der Waals surface area contributed by atoms with E-state index in [4.69, 9.17) is 9.47 Å². The van der Waals surface area contributed by atoms with Crippen LogP contribution in [0.3, 0.4) is 0 Å². The number of fused-ring (bicyclic) bond motifs is 1. The molecule has 4 rings (SSSR count). The number of sulfonamides is 1. The van der Waals surface area contributed by atoms with Crippen molar-refractivity contribution in [3.05, 3.63) is 83.7 Å². The van der Waals surface area contributed by atoms with Crippen molar-refractivity contribution in [2.75, 3.05) is 38.6 Å². The van der Waals surface area contributed by atoms with Gasteiger partial charge < -0.3 is 19.5 Å². The van der Waals surface area contributed by atoms with Gasteiger partial charge in [-0.3, -0.25) is 14.4 Å². The summed E-state index contributed by atoms with van der Waals surface area (Å²) in [6.45, 7) is 4.94. The summed E-state index contributed by atoms with van der Waals surface area (Å²) in [5.41, 5.74) is 1.35. The Balaban J connectivity index is 1.68. The first-order valence-corrected chi connectivity index (χ1v) is 14.8. The monoisotopic (exact) mass is 585 g/mol. The van der Waals surface area contributed by atoms with Crippen LogP contribution >= 0.6 is 0 Å². The second-order valence-electron chi connectivity index (χ2n) is 10.4. The van der Waals surface area contributed by atoms with E-state index in [2.05, 4.69) is 9.62 Å². The molecule has 0 aromatic heterocycles. The molecule has 1 aliphatic heterocycles. The first-order valence-electron chi connectivity index (χ1n) is 13.3. The predicted molar refractivity (Wildman–Crippen MR) is 154 cm³/mol. The number of nitrogens with zero attached hydrogens (tertiary/aromatic N) is 2. The molecular weight excluding hydrogens is 549 g/mol. The number of anilines is 1. The predicted octanol–water partition coefficient (Wildman–Crippen LogP) is 3.99. The molecular formula is C30H36FN3O6S. The van der Waals surface area contributed by atoms with E-state index in [0.29, 0.717) is 19.6 Å². The number of carbonyl (C=O) groups is 1. The molecule has 1 amide bonds. The molecule has 0 aliphatic carbocycles. The molecule has 0 saturated carbocycles. The Kier molecular flexibility index (Phi) is 9.52. The highest BCUT2D eigenvalue weighted by atomic mass is 32.2. The van der Waals surface area contributed by atoms with E-state index in [1.807, 2.05) is 38.2 Å². The molecule has 3 aromatic rings. The van der Waals surface area contributed by atoms with Crippen molar-refractivity contribution in [1.29, 1.82) is 0 Å². The van der Waals surface area contributed by atoms with Crippen LogP contribution in [0.2, 0.25) is 0 Å². The van der Waals surface area contributed by atoms with Crippen LogP contribution in [-0.2, 0) is 16.6 Å². The Morgan fingerprint density at radius 2 is 1.83 bits per heavy atom. The Morgan fingerprint density at radius 3 is 2.46 bits per heavy atom. The number of likely N-dealkylation sites (N-methyl/N-ethyl adjacent to an activating group) is 1. The van der Waals surface area contributed by atoms with Crippen molar-refractivity contribution < 1.29 is 32.2 Å². The normalized spacial score (nSPS) is 18.2. The molecule has 1 heterocycles. The lowest BCUT2D eigenvalue weighted by atomic mass is 9.99. The van der Waals surface area contributed by atoms with Gasteiger partial charge in [0.25, 0.3) is 15.9 Å². The van der Waals surface area contributed by atoms with Crippen LogP contribution in [0.4, 0.5) is 10.1 Å². The first-order chi connectivity index (χ1) is 19.5. The molecule has 3 aromatic carbocycles. The lowest BCUT2D eigenvalue weighted by molar-refractivity contribution is 0.0344. The summed E-state index contributed by atoms with van der Waals surface area (Å²) in [7, 11) is -0.542. The number of hydrogen-bond acceptors (Lipinski definition) is 7. The van der Waals surface area contributed by atoms with Crippen LogP contribution in [0.5, 0.6) is 11.5 Å². The van der Waals surface area contributed by atoms with E-state index in [-0.39, 0.29) is 40.3 Å². The number of para-hydroxylation sites is 1. The number of rotatable bonds is 10. The molecule has 0 radical (unpaired) electrons. The maximum absolute atomic E-state index is 13.7. The summed E-state index contributed by atoms with van der Waals surface area (Å²) >= 11 is 0. The molecule has 0 saturated heterocycles. The molecule has 220 valence electrons. The van der Waals surface area contributed by atoms with Gasteiger partial charge >= 0.3 is 0 Å². The molecule has 1 aliphatic rings. The van der Waals surface area contributed by atoms with Crippen LogP contribution in [0.15, 0.2) is 71.6 Å². The van der Waals surface area contributed by atoms with Gasteiger partial charge in [-0.05, 0) is 68.1 Å². The number of methoxy groups -OCH3 is 1. The lowest BCUT2D eigenvalue weighted by Crippen LogP contribution is -2.49. The number of benzene rings is 3. The molecule has 2 N–H and O–H groups in total. The van der Waals surface area contributed by atoms with Gasteiger partial charge in [0, 0.05) is 25.6 Å². The summed E-state index contributed by atoms with van der Waals surface area (Å²) in [5.74, 6) is -0.227. The van der Waals surface area contributed by atoms with Crippen molar-refractivity contribution in [3.63, 3.8) is 0 Å². The number of amides is 1. The molecule has 0 spiro atoms. The summed E-state index contributed by atoms with van der Waals surface area (Å²) in [4.78, 5) is 17.2. The van der Waals surface area contributed by atoms with Gasteiger partial charge in [0.2, 0.25) is 0 Å². The average Bonchev–Trinajstić information content (AvgIpc) is 2.95. The van der Waals surface area contributed by atoms with Crippen LogP contribution in [0.25, 0.3) is 0 Å². The fourth-order valence-electron chi connectivity index (χ4n) is 4.77. The number of hydrogen-bond donors (Lipinski definition) is 2. The van der Waals surface area contributed by atoms with Crippen LogP contribution in [-0.4, -0.2) is 75.2 Å². The van der Waals surface area contributed by atoms with Crippen LogP contribution < -0.4 is 14.2 Å². The zero-order chi connectivity index (χ0) is 29.7. The maximum Gasteiger partial charge on any atom is 0.262 e. The third-order valence-electron chi connectivity index (χ3n) is 7.16. The topological polar surface area (TPSA) is 108 Å². The molecule has 0 bridgehead atoms. The van der Waals surface area contributed by atoms with Crippen molar-refractivity contribution in [2.45, 2.75) is 37.4 Å². The van der Waals surface area contributed by atoms with Gasteiger partial charge in [0.15, 0.2) is 5.75 Å². The minimum absolute atomic E-state index is 0.0914. The van der Waals surface area contributed by atoms with E-state index in [1.54, 1.807) is 31.1 Å². The largest absolute Gasteiger partial charge is 0.497 e. The van der Waals surface area contributed by atoms with Crippen molar-refractivity contribution in [3.8, 4) is 11.5 Å². The van der Waals surface area contributed by atoms with Gasteiger partial charge in [-0.15, -0.1) is 0 Å². The number of nitrogens with one attached hydrogen (secondary N) is 1. The van der Waals surface area contributed by atoms with E-state index < -0.39 is 28.0 Å². The summed E-state index contributed by atoms with van der Waals surface area (Å²) in [6.07, 6.45) is -0.435. The number of aliphatic hydroxyl groups is 1. The van der Waals surface area contributed by atoms with Crippen molar-refractivity contribution in [1.82, 2.24) is 9.80 Å². The summed E-state index contributed by atoms with van der Waals surface area (Å²) in [5, 5.41) is 9.91. The standard InChI is InChI=1S/C30H36FN3O6S/c1-20-16-34(21(2)19-35)30(36)26-6-5-7-27(32-41(37,38)25-14-10-23(31)11-15-25)29(26)40-28(20)18-33(3)17-22-8-12-24(39-4)13-9-22/h5-15,20-21,28,32,35H,16-19H2,1-4H3/t20-,21+,28-/m0/s1. The van der Waals surface area contributed by atoms with Gasteiger partial charge in [-0.25, -0.2) is 12.8 Å². The van der Waals surface area contributed by atoms with E-state index in [0.717, 1.165) is 23.4 Å². The maximum atomic E-state index is 13.7. The quantitative estimate of drug-likeness (QED) is 0.371. The average molecular weight is 586 g/mol. The molecule has 0 unspecified atom stereocenters. The van der Waals surface area contributed by atoms with Crippen molar-refractivity contribution >= 4 is 21.6 Å². The van der Waals surface area contributed by atoms with Gasteiger partial charge in [-0.2, -0.15) is 0 Å². The molecule has 3 atom stereocenters. The highest BCUT2D eigenvalue weighted by Crippen LogP contribution is 2.36. The number of carbonyl (C=O) groups excluding carboxylic acids is 1. The highest BCUT2D eigenvalue weighted by Gasteiger charge is 2.35. The number of ether oxygens (including phenoxy) is 2. The molecule has 41 heavy (non-hydrogen) atoms. The van der Waals surface area contributed by atoms with Crippen molar-refractivity contribution in [2.24, 2.45) is 5.92 Å². The molecule has 0 fully saturated rings. The Hall–Kier alpha value is -3.67. The third kappa shape index (κ3) is 7.16. The lowest BCUT2D eigenvalue weighted by Gasteiger charge is -2.38. The second kappa shape index (κ2) is 12.9. The fourth-order valence-corrected chi connectivity index (χ4v) is 5.84. The third-order valence-corrected chi connectivity index (χ3v) is 8.54. The SMILES string of the molecule is COc1ccc(CN(C)C[C@@H]2Oc3c(NS(=O)(=O)c4ccc(F)cc4)cccc3C(=O)N([C@H](C)CO)C[C@@H]2C)cc1. The zero-order valence-corrected chi connectivity index (χ0v) is 24.4.